The first-order valence-electron chi connectivity index (χ1n) is 2.34. The molecule has 0 atom stereocenters. The number of rotatable bonds is 2. The third-order valence-electron chi connectivity index (χ3n) is 0.707. The summed E-state index contributed by atoms with van der Waals surface area (Å²) in [6.45, 7) is 0. The molecule has 1 aromatic heterocycles. The van der Waals surface area contributed by atoms with Gasteiger partial charge in [-0.15, -0.1) is 10.2 Å². The molecule has 0 fully saturated rings. The Morgan fingerprint density at radius 1 is 1.70 bits per heavy atom. The van der Waals surface area contributed by atoms with E-state index in [-0.39, 0.29) is 5.82 Å². The van der Waals surface area contributed by atoms with Gasteiger partial charge >= 0.3 is 0 Å². The van der Waals surface area contributed by atoms with Crippen molar-refractivity contribution in [1.82, 2.24) is 20.6 Å². The minimum absolute atomic E-state index is 0.191. The minimum atomic E-state index is -0.601. The van der Waals surface area contributed by atoms with Gasteiger partial charge in [-0.3, -0.25) is 10.1 Å². The van der Waals surface area contributed by atoms with Crippen molar-refractivity contribution in [2.75, 3.05) is 0 Å². The molecule has 0 bridgehead atoms. The maximum absolute atomic E-state index is 9.73. The number of tetrazole rings is 1. The van der Waals surface area contributed by atoms with Crippen LogP contribution < -0.4 is 0 Å². The zero-order chi connectivity index (χ0) is 7.40. The lowest BCUT2D eigenvalue weighted by molar-refractivity contribution is -0.401. The van der Waals surface area contributed by atoms with Gasteiger partial charge in [0.25, 0.3) is 0 Å². The quantitative estimate of drug-likeness (QED) is 0.440. The van der Waals surface area contributed by atoms with Gasteiger partial charge in [0, 0.05) is 0 Å². The van der Waals surface area contributed by atoms with Gasteiger partial charge < -0.3 is 0 Å². The van der Waals surface area contributed by atoms with E-state index in [0.717, 1.165) is 12.3 Å². The lowest BCUT2D eigenvalue weighted by atomic mass is 10.6. The molecule has 0 spiro atoms. The minimum Gasteiger partial charge on any atom is -0.259 e. The summed E-state index contributed by atoms with van der Waals surface area (Å²) in [5, 5.41) is 22.0. The summed E-state index contributed by atoms with van der Waals surface area (Å²) in [5.74, 6) is 0.191. The Kier molecular flexibility index (Phi) is 1.69. The topological polar surface area (TPSA) is 97.6 Å². The number of nitrogens with zero attached hydrogens (tertiary/aromatic N) is 4. The molecule has 7 nitrogen and oxygen atoms in total. The average molecular weight is 141 g/mol. The number of aromatic nitrogens is 4. The van der Waals surface area contributed by atoms with Crippen molar-refractivity contribution in [2.24, 2.45) is 0 Å². The normalized spacial score (nSPS) is 10.4. The molecule has 0 aliphatic heterocycles. The van der Waals surface area contributed by atoms with Gasteiger partial charge in [0.1, 0.15) is 0 Å². The fourth-order valence-corrected chi connectivity index (χ4v) is 0.368. The fraction of sp³-hybridized carbons (Fsp3) is 0. The van der Waals surface area contributed by atoms with Crippen LogP contribution in [0.2, 0.25) is 0 Å². The second-order valence-corrected chi connectivity index (χ2v) is 1.37. The van der Waals surface area contributed by atoms with Crippen LogP contribution in [0.15, 0.2) is 6.20 Å². The summed E-state index contributed by atoms with van der Waals surface area (Å²) in [4.78, 5) is 9.13. The van der Waals surface area contributed by atoms with Crippen LogP contribution in [-0.4, -0.2) is 25.5 Å². The van der Waals surface area contributed by atoms with Crippen LogP contribution in [0.25, 0.3) is 6.08 Å². The van der Waals surface area contributed by atoms with Crippen molar-refractivity contribution in [2.45, 2.75) is 0 Å². The first-order chi connectivity index (χ1) is 4.79. The van der Waals surface area contributed by atoms with Gasteiger partial charge in [-0.1, -0.05) is 0 Å². The number of aromatic amines is 1. The monoisotopic (exact) mass is 141 g/mol. The summed E-state index contributed by atoms with van der Waals surface area (Å²) >= 11 is 0. The van der Waals surface area contributed by atoms with Gasteiger partial charge in [-0.25, -0.2) is 0 Å². The van der Waals surface area contributed by atoms with Crippen LogP contribution in [0.3, 0.4) is 0 Å². The highest BCUT2D eigenvalue weighted by Gasteiger charge is 1.92. The molecule has 10 heavy (non-hydrogen) atoms. The molecule has 0 radical (unpaired) electrons. The molecule has 0 aliphatic carbocycles. The van der Waals surface area contributed by atoms with Crippen molar-refractivity contribution in [3.63, 3.8) is 0 Å². The van der Waals surface area contributed by atoms with Gasteiger partial charge in [-0.2, -0.15) is 5.21 Å². The highest BCUT2D eigenvalue weighted by molar-refractivity contribution is 5.35. The fourth-order valence-electron chi connectivity index (χ4n) is 0.368. The van der Waals surface area contributed by atoms with E-state index < -0.39 is 4.92 Å². The number of H-pyrrole nitrogens is 1. The number of hydrogen-bond donors (Lipinski definition) is 1. The molecule has 0 aliphatic rings. The van der Waals surface area contributed by atoms with Crippen LogP contribution in [0.4, 0.5) is 0 Å². The third-order valence-corrected chi connectivity index (χ3v) is 0.707. The number of nitrogens with one attached hydrogen (secondary N) is 1. The largest absolute Gasteiger partial charge is 0.259 e. The molecule has 0 unspecified atom stereocenters. The highest BCUT2D eigenvalue weighted by Crippen LogP contribution is 1.86. The SMILES string of the molecule is O=[N+]([O-])/C=C/c1nn[nH]n1. The molecule has 1 rings (SSSR count). The average Bonchev–Trinajstić information content (AvgIpc) is 2.34. The predicted octanol–water partition coefficient (Wildman–Crippen LogP) is -0.553. The van der Waals surface area contributed by atoms with Crippen molar-refractivity contribution in [3.8, 4) is 0 Å². The van der Waals surface area contributed by atoms with Crippen LogP contribution in [0.1, 0.15) is 5.82 Å². The molecule has 1 heterocycles. The van der Waals surface area contributed by atoms with E-state index in [1.54, 1.807) is 0 Å². The van der Waals surface area contributed by atoms with Gasteiger partial charge in [-0.05, 0) is 5.21 Å². The van der Waals surface area contributed by atoms with E-state index >= 15 is 0 Å². The molecule has 7 heteroatoms. The second kappa shape index (κ2) is 2.67. The molecule has 1 N–H and O–H groups in total. The Labute approximate surface area is 54.9 Å². The Morgan fingerprint density at radius 2 is 2.50 bits per heavy atom. The van der Waals surface area contributed by atoms with Crippen LogP contribution in [0.5, 0.6) is 0 Å². The first-order valence-corrected chi connectivity index (χ1v) is 2.34. The maximum Gasteiger partial charge on any atom is 0.238 e. The first kappa shape index (κ1) is 6.33. The lowest BCUT2D eigenvalue weighted by Crippen LogP contribution is -1.83. The number of hydrogen-bond acceptors (Lipinski definition) is 5. The Bertz CT molecular complexity index is 239. The lowest BCUT2D eigenvalue weighted by Gasteiger charge is -1.73. The third kappa shape index (κ3) is 1.62. The van der Waals surface area contributed by atoms with E-state index in [9.17, 15) is 10.1 Å². The molecule has 0 saturated heterocycles. The van der Waals surface area contributed by atoms with E-state index in [2.05, 4.69) is 20.6 Å². The molecule has 1 aromatic rings. The number of nitro groups is 1. The van der Waals surface area contributed by atoms with Crippen LogP contribution in [-0.2, 0) is 0 Å². The van der Waals surface area contributed by atoms with E-state index in [1.165, 1.54) is 0 Å². The highest BCUT2D eigenvalue weighted by atomic mass is 16.6. The molecule has 0 aromatic carbocycles. The summed E-state index contributed by atoms with van der Waals surface area (Å²) in [6, 6.07) is 0. The smallest absolute Gasteiger partial charge is 0.238 e. The van der Waals surface area contributed by atoms with Crippen molar-refractivity contribution < 1.29 is 4.92 Å². The van der Waals surface area contributed by atoms with Crippen molar-refractivity contribution in [1.29, 1.82) is 0 Å². The van der Waals surface area contributed by atoms with Crippen molar-refractivity contribution >= 4 is 6.08 Å². The predicted molar refractivity (Wildman–Crippen MR) is 30.2 cm³/mol. The summed E-state index contributed by atoms with van der Waals surface area (Å²) in [5.41, 5.74) is 0. The summed E-state index contributed by atoms with van der Waals surface area (Å²) in [6.07, 6.45) is 1.88. The van der Waals surface area contributed by atoms with E-state index in [1.807, 2.05) is 0 Å². The van der Waals surface area contributed by atoms with Crippen LogP contribution >= 0.6 is 0 Å². The summed E-state index contributed by atoms with van der Waals surface area (Å²) < 4.78 is 0. The molecule has 0 amide bonds. The zero-order valence-electron chi connectivity index (χ0n) is 4.76. The van der Waals surface area contributed by atoms with Crippen molar-refractivity contribution in [3.05, 3.63) is 22.1 Å². The Balaban J connectivity index is 2.64. The van der Waals surface area contributed by atoms with Crippen LogP contribution in [0, 0.1) is 10.1 Å². The standard InChI is InChI=1S/C3H3N5O2/c9-8(10)2-1-3-4-6-7-5-3/h1-2H,(H,4,5,6,7)/b2-1+. The summed E-state index contributed by atoms with van der Waals surface area (Å²) in [7, 11) is 0. The zero-order valence-corrected chi connectivity index (χ0v) is 4.76. The van der Waals surface area contributed by atoms with Gasteiger partial charge in [0.05, 0.1) is 11.0 Å². The van der Waals surface area contributed by atoms with E-state index in [0.29, 0.717) is 0 Å². The molecular formula is C3H3N5O2. The molecular weight excluding hydrogens is 138 g/mol. The Morgan fingerprint density at radius 3 is 3.00 bits per heavy atom. The molecule has 0 saturated carbocycles. The van der Waals surface area contributed by atoms with E-state index in [4.69, 9.17) is 0 Å². The van der Waals surface area contributed by atoms with Gasteiger partial charge in [0.15, 0.2) is 0 Å². The van der Waals surface area contributed by atoms with Gasteiger partial charge in [0.2, 0.25) is 12.0 Å². The Hall–Kier alpha value is -1.79. The maximum atomic E-state index is 9.73. The molecule has 52 valence electrons. The second-order valence-electron chi connectivity index (χ2n) is 1.37.